The number of aliphatic hydroxyl groups is 1. The standard InChI is InChI=1S/C13H24N2O4/c1-14(8-6-10-16)13(19)15-9-5-3-2-4-7-11(15)12(17)18/h11,16H,2-10H2,1H3,(H,17,18). The van der Waals surface area contributed by atoms with Crippen LogP contribution in [0.2, 0.25) is 0 Å². The fourth-order valence-corrected chi connectivity index (χ4v) is 2.39. The number of likely N-dealkylation sites (tertiary alicyclic amines) is 1. The molecule has 19 heavy (non-hydrogen) atoms. The highest BCUT2D eigenvalue weighted by atomic mass is 16.4. The number of carbonyl (C=O) groups excluding carboxylic acids is 1. The van der Waals surface area contributed by atoms with E-state index >= 15 is 0 Å². The van der Waals surface area contributed by atoms with Gasteiger partial charge in [-0.15, -0.1) is 0 Å². The van der Waals surface area contributed by atoms with Crippen molar-refractivity contribution in [3.8, 4) is 0 Å². The van der Waals surface area contributed by atoms with Crippen LogP contribution in [0.1, 0.15) is 38.5 Å². The maximum absolute atomic E-state index is 12.3. The molecule has 0 radical (unpaired) electrons. The van der Waals surface area contributed by atoms with Crippen molar-refractivity contribution >= 4 is 12.0 Å². The van der Waals surface area contributed by atoms with Gasteiger partial charge in [0.05, 0.1) is 0 Å². The maximum Gasteiger partial charge on any atom is 0.326 e. The quantitative estimate of drug-likeness (QED) is 0.804. The zero-order valence-electron chi connectivity index (χ0n) is 11.5. The molecule has 0 spiro atoms. The minimum atomic E-state index is -0.925. The number of amides is 2. The Morgan fingerprint density at radius 3 is 2.58 bits per heavy atom. The van der Waals surface area contributed by atoms with E-state index in [1.165, 1.54) is 9.80 Å². The Labute approximate surface area is 114 Å². The van der Waals surface area contributed by atoms with Gasteiger partial charge in [0.1, 0.15) is 6.04 Å². The molecule has 6 heteroatoms. The molecular formula is C13H24N2O4. The minimum absolute atomic E-state index is 0.0278. The maximum atomic E-state index is 12.3. The number of urea groups is 1. The van der Waals surface area contributed by atoms with Crippen LogP contribution in [-0.4, -0.2) is 64.8 Å². The average molecular weight is 272 g/mol. The van der Waals surface area contributed by atoms with Crippen LogP contribution in [0.25, 0.3) is 0 Å². The third kappa shape index (κ3) is 4.70. The molecular weight excluding hydrogens is 248 g/mol. The summed E-state index contributed by atoms with van der Waals surface area (Å²) in [6.07, 6.45) is 4.80. The van der Waals surface area contributed by atoms with Crippen LogP contribution in [-0.2, 0) is 4.79 Å². The van der Waals surface area contributed by atoms with Gasteiger partial charge < -0.3 is 20.0 Å². The lowest BCUT2D eigenvalue weighted by Crippen LogP contribution is -2.51. The Morgan fingerprint density at radius 1 is 1.26 bits per heavy atom. The van der Waals surface area contributed by atoms with E-state index < -0.39 is 12.0 Å². The van der Waals surface area contributed by atoms with E-state index in [9.17, 15) is 14.7 Å². The summed E-state index contributed by atoms with van der Waals surface area (Å²) in [7, 11) is 1.65. The lowest BCUT2D eigenvalue weighted by Gasteiger charge is -2.34. The predicted molar refractivity (Wildman–Crippen MR) is 70.9 cm³/mol. The van der Waals surface area contributed by atoms with Gasteiger partial charge in [0.2, 0.25) is 0 Å². The molecule has 1 saturated heterocycles. The molecule has 0 aromatic carbocycles. The summed E-state index contributed by atoms with van der Waals surface area (Å²) >= 11 is 0. The van der Waals surface area contributed by atoms with Crippen molar-refractivity contribution in [2.45, 2.75) is 44.6 Å². The zero-order valence-corrected chi connectivity index (χ0v) is 11.5. The molecule has 1 aliphatic heterocycles. The van der Waals surface area contributed by atoms with Crippen molar-refractivity contribution in [1.29, 1.82) is 0 Å². The largest absolute Gasteiger partial charge is 0.480 e. The van der Waals surface area contributed by atoms with Crippen molar-refractivity contribution in [2.24, 2.45) is 0 Å². The Balaban J connectivity index is 2.71. The molecule has 1 fully saturated rings. The van der Waals surface area contributed by atoms with E-state index in [4.69, 9.17) is 5.11 Å². The van der Waals surface area contributed by atoms with Crippen molar-refractivity contribution < 1.29 is 19.8 Å². The van der Waals surface area contributed by atoms with Gasteiger partial charge in [0.25, 0.3) is 0 Å². The van der Waals surface area contributed by atoms with Crippen LogP contribution in [0.5, 0.6) is 0 Å². The SMILES string of the molecule is CN(CCCO)C(=O)N1CCCCCCC1C(=O)O. The number of carboxylic acid groups (broad SMARTS) is 1. The Hall–Kier alpha value is -1.30. The van der Waals surface area contributed by atoms with Crippen LogP contribution in [0.15, 0.2) is 0 Å². The molecule has 6 nitrogen and oxygen atoms in total. The van der Waals surface area contributed by atoms with Gasteiger partial charge >= 0.3 is 12.0 Å². The average Bonchev–Trinajstić information content (AvgIpc) is 2.34. The summed E-state index contributed by atoms with van der Waals surface area (Å²) < 4.78 is 0. The van der Waals surface area contributed by atoms with Crippen molar-refractivity contribution in [2.75, 3.05) is 26.7 Å². The molecule has 1 heterocycles. The number of aliphatic hydroxyl groups excluding tert-OH is 1. The number of carboxylic acids is 1. The highest BCUT2D eigenvalue weighted by Gasteiger charge is 2.31. The van der Waals surface area contributed by atoms with Gasteiger partial charge in [0.15, 0.2) is 0 Å². The zero-order chi connectivity index (χ0) is 14.3. The number of hydrogen-bond acceptors (Lipinski definition) is 3. The lowest BCUT2D eigenvalue weighted by molar-refractivity contribution is -0.142. The van der Waals surface area contributed by atoms with E-state index in [0.717, 1.165) is 25.7 Å². The van der Waals surface area contributed by atoms with Crippen molar-refractivity contribution in [1.82, 2.24) is 9.80 Å². The van der Waals surface area contributed by atoms with E-state index in [1.54, 1.807) is 7.05 Å². The molecule has 2 N–H and O–H groups in total. The first kappa shape index (κ1) is 15.8. The molecule has 0 aromatic rings. The molecule has 2 amide bonds. The van der Waals surface area contributed by atoms with Gasteiger partial charge in [-0.2, -0.15) is 0 Å². The van der Waals surface area contributed by atoms with E-state index in [-0.39, 0.29) is 12.6 Å². The molecule has 0 aromatic heterocycles. The van der Waals surface area contributed by atoms with Crippen LogP contribution < -0.4 is 0 Å². The number of aliphatic carboxylic acids is 1. The monoisotopic (exact) mass is 272 g/mol. The van der Waals surface area contributed by atoms with Crippen LogP contribution in [0.4, 0.5) is 4.79 Å². The van der Waals surface area contributed by atoms with E-state index in [0.29, 0.717) is 25.9 Å². The van der Waals surface area contributed by atoms with E-state index in [1.807, 2.05) is 0 Å². The number of carbonyl (C=O) groups is 2. The smallest absolute Gasteiger partial charge is 0.326 e. The summed E-state index contributed by atoms with van der Waals surface area (Å²) in [5.41, 5.74) is 0. The topological polar surface area (TPSA) is 81.1 Å². The molecule has 1 rings (SSSR count). The number of hydrogen-bond donors (Lipinski definition) is 2. The van der Waals surface area contributed by atoms with Crippen molar-refractivity contribution in [3.63, 3.8) is 0 Å². The summed E-state index contributed by atoms with van der Waals surface area (Å²) in [6.45, 7) is 0.970. The van der Waals surface area contributed by atoms with Crippen molar-refractivity contribution in [3.05, 3.63) is 0 Å². The van der Waals surface area contributed by atoms with Gasteiger partial charge in [-0.05, 0) is 19.3 Å². The molecule has 0 saturated carbocycles. The second-order valence-electron chi connectivity index (χ2n) is 5.03. The first-order chi connectivity index (χ1) is 9.07. The Bertz CT molecular complexity index is 309. The fourth-order valence-electron chi connectivity index (χ4n) is 2.39. The number of nitrogens with zero attached hydrogens (tertiary/aromatic N) is 2. The number of rotatable bonds is 4. The Kier molecular flexibility index (Phi) is 6.62. The summed E-state index contributed by atoms with van der Waals surface area (Å²) in [5, 5.41) is 18.1. The third-order valence-electron chi connectivity index (χ3n) is 3.51. The highest BCUT2D eigenvalue weighted by molar-refractivity contribution is 5.82. The van der Waals surface area contributed by atoms with E-state index in [2.05, 4.69) is 0 Å². The van der Waals surface area contributed by atoms with Gasteiger partial charge in [-0.25, -0.2) is 9.59 Å². The predicted octanol–water partition coefficient (Wildman–Crippen LogP) is 1.14. The van der Waals surface area contributed by atoms with Crippen LogP contribution in [0.3, 0.4) is 0 Å². The first-order valence-corrected chi connectivity index (χ1v) is 6.93. The van der Waals surface area contributed by atoms with Crippen LogP contribution >= 0.6 is 0 Å². The van der Waals surface area contributed by atoms with Gasteiger partial charge in [-0.1, -0.05) is 19.3 Å². The first-order valence-electron chi connectivity index (χ1n) is 6.93. The summed E-state index contributed by atoms with van der Waals surface area (Å²) in [4.78, 5) is 26.6. The molecule has 1 atom stereocenters. The Morgan fingerprint density at radius 2 is 1.95 bits per heavy atom. The normalized spacial score (nSPS) is 20.5. The third-order valence-corrected chi connectivity index (χ3v) is 3.51. The van der Waals surface area contributed by atoms with Gasteiger partial charge in [0, 0.05) is 26.7 Å². The second-order valence-corrected chi connectivity index (χ2v) is 5.03. The van der Waals surface area contributed by atoms with Gasteiger partial charge in [-0.3, -0.25) is 0 Å². The highest BCUT2D eigenvalue weighted by Crippen LogP contribution is 2.18. The summed E-state index contributed by atoms with van der Waals surface area (Å²) in [6, 6.07) is -0.966. The molecule has 1 aliphatic rings. The van der Waals surface area contributed by atoms with Crippen LogP contribution in [0, 0.1) is 0 Å². The fraction of sp³-hybridized carbons (Fsp3) is 0.846. The molecule has 0 aliphatic carbocycles. The lowest BCUT2D eigenvalue weighted by atomic mass is 10.0. The molecule has 0 bridgehead atoms. The molecule has 110 valence electrons. The summed E-state index contributed by atoms with van der Waals surface area (Å²) in [5.74, 6) is -0.925. The minimum Gasteiger partial charge on any atom is -0.480 e. The second kappa shape index (κ2) is 7.99. The molecule has 1 unspecified atom stereocenters.